The third-order valence-corrected chi connectivity index (χ3v) is 19.1. The summed E-state index contributed by atoms with van der Waals surface area (Å²) in [5, 5.41) is 9.67. The monoisotopic (exact) mass is 1020 g/mol. The summed E-state index contributed by atoms with van der Waals surface area (Å²) < 4.78 is 14.8. The van der Waals surface area contributed by atoms with E-state index in [1.807, 2.05) is 12.1 Å². The molecule has 0 saturated heterocycles. The Morgan fingerprint density at radius 3 is 0.787 bits per heavy atom. The molecule has 80 heavy (non-hydrogen) atoms. The average Bonchev–Trinajstić information content (AvgIpc) is 4.14. The van der Waals surface area contributed by atoms with Crippen LogP contribution in [0.3, 0.4) is 0 Å². The molecule has 0 amide bonds. The van der Waals surface area contributed by atoms with Gasteiger partial charge in [0.25, 0.3) is 0 Å². The smallest absolute Gasteiger partial charge is 0.123 e. The molecule has 0 radical (unpaired) electrons. The highest BCUT2D eigenvalue weighted by atomic mass is 19.1. The standard InChI is InChI=1S/C79H57F/c1-77(2)67-29-16-15-20-53(67)54-37-32-49(43-70(54)77)74-63-25-11-13-27-65(63)76(66-28-14-12-26-64(66)74)51-34-39-58-56-36-31-47(42-69(56)79(5,6)72(58)45-51)46-30-35-55-57-38-33-50(44-71(57)78(3,4)68(55)41-46)75-61-23-9-7-21-59(61)73(48-18-17-19-52(80)40-48)60-22-8-10-24-62(60)75/h7-45H,1-6H3. The first-order chi connectivity index (χ1) is 38.9. The van der Waals surface area contributed by atoms with Gasteiger partial charge in [0.1, 0.15) is 5.82 Å². The van der Waals surface area contributed by atoms with Crippen LogP contribution in [0.2, 0.25) is 0 Å². The van der Waals surface area contributed by atoms with E-state index in [4.69, 9.17) is 0 Å². The van der Waals surface area contributed by atoms with Crippen molar-refractivity contribution in [3.63, 3.8) is 0 Å². The van der Waals surface area contributed by atoms with Crippen LogP contribution in [0.15, 0.2) is 237 Å². The maximum absolute atomic E-state index is 14.8. The summed E-state index contributed by atoms with van der Waals surface area (Å²) in [6, 6.07) is 87.3. The minimum atomic E-state index is -0.246. The van der Waals surface area contributed by atoms with Gasteiger partial charge >= 0.3 is 0 Å². The van der Waals surface area contributed by atoms with Gasteiger partial charge in [-0.05, 0) is 208 Å². The molecular weight excluding hydrogens is 968 g/mol. The van der Waals surface area contributed by atoms with Crippen LogP contribution in [0.4, 0.5) is 4.39 Å². The summed E-state index contributed by atoms with van der Waals surface area (Å²) in [5.41, 5.74) is 27.5. The quantitative estimate of drug-likeness (QED) is 0.151. The van der Waals surface area contributed by atoms with Gasteiger partial charge < -0.3 is 0 Å². The molecule has 0 spiro atoms. The molecule has 0 aromatic heterocycles. The first-order valence-electron chi connectivity index (χ1n) is 28.3. The summed E-state index contributed by atoms with van der Waals surface area (Å²) in [4.78, 5) is 0. The molecule has 0 atom stereocenters. The van der Waals surface area contributed by atoms with Crippen LogP contribution in [-0.4, -0.2) is 0 Å². The number of benzene rings is 13. The molecule has 0 bridgehead atoms. The highest BCUT2D eigenvalue weighted by Crippen LogP contribution is 2.56. The molecule has 16 rings (SSSR count). The van der Waals surface area contributed by atoms with Gasteiger partial charge in [0.2, 0.25) is 0 Å². The van der Waals surface area contributed by atoms with Crippen LogP contribution in [0.25, 0.3) is 132 Å². The maximum atomic E-state index is 14.8. The van der Waals surface area contributed by atoms with E-state index >= 15 is 0 Å². The van der Waals surface area contributed by atoms with Crippen LogP contribution in [0.5, 0.6) is 0 Å². The van der Waals surface area contributed by atoms with Gasteiger partial charge in [0, 0.05) is 16.2 Å². The van der Waals surface area contributed by atoms with Crippen molar-refractivity contribution in [3.05, 3.63) is 276 Å². The topological polar surface area (TPSA) is 0 Å². The molecule has 0 N–H and O–H groups in total. The average molecular weight is 1030 g/mol. The second-order valence-corrected chi connectivity index (χ2v) is 24.4. The highest BCUT2D eigenvalue weighted by molar-refractivity contribution is 6.23. The molecule has 13 aromatic rings. The number of hydrogen-bond donors (Lipinski definition) is 0. The highest BCUT2D eigenvalue weighted by Gasteiger charge is 2.39. The van der Waals surface area contributed by atoms with Crippen LogP contribution < -0.4 is 0 Å². The fraction of sp³-hybridized carbons (Fsp3) is 0.114. The van der Waals surface area contributed by atoms with Crippen LogP contribution >= 0.6 is 0 Å². The first kappa shape index (κ1) is 46.9. The Morgan fingerprint density at radius 2 is 0.463 bits per heavy atom. The summed E-state index contributed by atoms with van der Waals surface area (Å²) in [7, 11) is 0. The van der Waals surface area contributed by atoms with Gasteiger partial charge in [0.05, 0.1) is 0 Å². The van der Waals surface area contributed by atoms with Gasteiger partial charge in [-0.1, -0.05) is 236 Å². The predicted octanol–water partition coefficient (Wildman–Crippen LogP) is 21.7. The number of rotatable bonds is 5. The van der Waals surface area contributed by atoms with Crippen molar-refractivity contribution in [1.29, 1.82) is 0 Å². The Kier molecular flexibility index (Phi) is 9.78. The summed E-state index contributed by atoms with van der Waals surface area (Å²) in [5.74, 6) is -0.230. The lowest BCUT2D eigenvalue weighted by atomic mass is 9.79. The van der Waals surface area contributed by atoms with Crippen molar-refractivity contribution in [2.45, 2.75) is 57.8 Å². The minimum Gasteiger partial charge on any atom is -0.207 e. The van der Waals surface area contributed by atoms with Crippen LogP contribution in [-0.2, 0) is 16.2 Å². The lowest BCUT2D eigenvalue weighted by Gasteiger charge is -2.24. The largest absolute Gasteiger partial charge is 0.207 e. The SMILES string of the molecule is CC1(C)c2ccccc2-c2ccc(-c3c4ccccc4c(-c4ccc5c(c4)C(C)(C)c4cc(-c6ccc7c(c6)C(C)(C)c6cc(-c8c9ccccc9c(-c9cccc(F)c9)c9ccccc89)ccc6-7)ccc4-5)c4ccccc34)cc21. The Morgan fingerprint density at radius 1 is 0.212 bits per heavy atom. The Labute approximate surface area is 467 Å². The third kappa shape index (κ3) is 6.49. The zero-order valence-electron chi connectivity index (χ0n) is 45.9. The number of halogens is 1. The number of fused-ring (bicyclic) bond motifs is 13. The molecule has 13 aromatic carbocycles. The lowest BCUT2D eigenvalue weighted by Crippen LogP contribution is -2.15. The maximum Gasteiger partial charge on any atom is 0.123 e. The van der Waals surface area contributed by atoms with Crippen molar-refractivity contribution in [2.24, 2.45) is 0 Å². The molecule has 1 heteroatoms. The van der Waals surface area contributed by atoms with Gasteiger partial charge in [-0.25, -0.2) is 4.39 Å². The molecular formula is C79H57F. The van der Waals surface area contributed by atoms with Gasteiger partial charge in [-0.2, -0.15) is 0 Å². The Balaban J connectivity index is 0.759. The Hall–Kier alpha value is -9.17. The van der Waals surface area contributed by atoms with Crippen molar-refractivity contribution < 1.29 is 4.39 Å². The second kappa shape index (κ2) is 16.7. The van der Waals surface area contributed by atoms with E-state index in [2.05, 4.69) is 254 Å². The van der Waals surface area contributed by atoms with E-state index in [0.29, 0.717) is 0 Å². The molecule has 3 aliphatic carbocycles. The summed E-state index contributed by atoms with van der Waals surface area (Å²) in [6.07, 6.45) is 0. The molecule has 380 valence electrons. The zero-order valence-corrected chi connectivity index (χ0v) is 45.9. The van der Waals surface area contributed by atoms with E-state index in [9.17, 15) is 4.39 Å². The molecule has 0 aliphatic heterocycles. The van der Waals surface area contributed by atoms with Crippen LogP contribution in [0.1, 0.15) is 74.9 Å². The van der Waals surface area contributed by atoms with Gasteiger partial charge in [-0.3, -0.25) is 0 Å². The fourth-order valence-electron chi connectivity index (χ4n) is 15.1. The summed E-state index contributed by atoms with van der Waals surface area (Å²) >= 11 is 0. The molecule has 0 fully saturated rings. The first-order valence-corrected chi connectivity index (χ1v) is 28.3. The molecule has 0 heterocycles. The minimum absolute atomic E-state index is 0.0864. The van der Waals surface area contributed by atoms with Crippen molar-refractivity contribution in [3.8, 4) is 89.0 Å². The Bertz CT molecular complexity index is 4750. The molecule has 3 aliphatic rings. The van der Waals surface area contributed by atoms with E-state index in [0.717, 1.165) is 32.7 Å². The predicted molar refractivity (Wildman–Crippen MR) is 336 cm³/mol. The third-order valence-electron chi connectivity index (χ3n) is 19.1. The molecule has 0 saturated carbocycles. The summed E-state index contributed by atoms with van der Waals surface area (Å²) in [6.45, 7) is 14.4. The fourth-order valence-corrected chi connectivity index (χ4v) is 15.1. The van der Waals surface area contributed by atoms with E-state index in [1.54, 1.807) is 6.07 Å². The van der Waals surface area contributed by atoms with Gasteiger partial charge in [0.15, 0.2) is 0 Å². The van der Waals surface area contributed by atoms with Crippen molar-refractivity contribution >= 4 is 43.1 Å². The second-order valence-electron chi connectivity index (χ2n) is 24.4. The normalized spacial score (nSPS) is 14.7. The van der Waals surface area contributed by atoms with Crippen LogP contribution in [0, 0.1) is 5.82 Å². The molecule has 0 nitrogen and oxygen atoms in total. The zero-order chi connectivity index (χ0) is 54.0. The van der Waals surface area contributed by atoms with E-state index in [-0.39, 0.29) is 22.1 Å². The lowest BCUT2D eigenvalue weighted by molar-refractivity contribution is 0.628. The number of hydrogen-bond acceptors (Lipinski definition) is 0. The van der Waals surface area contributed by atoms with E-state index in [1.165, 1.54) is 139 Å². The van der Waals surface area contributed by atoms with Crippen molar-refractivity contribution in [1.82, 2.24) is 0 Å². The van der Waals surface area contributed by atoms with Crippen molar-refractivity contribution in [2.75, 3.05) is 0 Å². The van der Waals surface area contributed by atoms with E-state index < -0.39 is 0 Å². The van der Waals surface area contributed by atoms with Gasteiger partial charge in [-0.15, -0.1) is 0 Å². The molecule has 0 unspecified atom stereocenters.